The summed E-state index contributed by atoms with van der Waals surface area (Å²) in [5, 5.41) is 6.68. The van der Waals surface area contributed by atoms with E-state index in [9.17, 15) is 4.79 Å². The predicted molar refractivity (Wildman–Crippen MR) is 112 cm³/mol. The molecule has 0 saturated carbocycles. The van der Waals surface area contributed by atoms with E-state index in [4.69, 9.17) is 11.6 Å². The van der Waals surface area contributed by atoms with Gasteiger partial charge < -0.3 is 15.5 Å². The second-order valence-corrected chi connectivity index (χ2v) is 6.82. The van der Waals surface area contributed by atoms with Crippen molar-refractivity contribution in [3.63, 3.8) is 0 Å². The van der Waals surface area contributed by atoms with Crippen LogP contribution in [0.3, 0.4) is 0 Å². The van der Waals surface area contributed by atoms with Gasteiger partial charge in [0.25, 0.3) is 5.91 Å². The van der Waals surface area contributed by atoms with Crippen molar-refractivity contribution in [2.45, 2.75) is 6.92 Å². The van der Waals surface area contributed by atoms with Crippen LogP contribution in [-0.2, 0) is 0 Å². The van der Waals surface area contributed by atoms with E-state index in [1.807, 2.05) is 62.3 Å². The average molecular weight is 381 g/mol. The summed E-state index contributed by atoms with van der Waals surface area (Å²) in [7, 11) is 3.99. The molecule has 0 atom stereocenters. The van der Waals surface area contributed by atoms with E-state index in [2.05, 4.69) is 15.6 Å². The van der Waals surface area contributed by atoms with Gasteiger partial charge in [0.05, 0.1) is 0 Å². The van der Waals surface area contributed by atoms with Crippen LogP contribution in [0.2, 0.25) is 5.02 Å². The van der Waals surface area contributed by atoms with E-state index < -0.39 is 0 Å². The molecule has 2 aromatic carbocycles. The van der Waals surface area contributed by atoms with E-state index in [0.29, 0.717) is 22.1 Å². The van der Waals surface area contributed by atoms with Crippen LogP contribution in [0.15, 0.2) is 60.8 Å². The van der Waals surface area contributed by atoms with Crippen molar-refractivity contribution in [3.8, 4) is 0 Å². The van der Waals surface area contributed by atoms with E-state index in [0.717, 1.165) is 16.9 Å². The van der Waals surface area contributed by atoms with Crippen LogP contribution in [0.1, 0.15) is 15.9 Å². The highest BCUT2D eigenvalue weighted by Gasteiger charge is 2.09. The number of anilines is 4. The maximum atomic E-state index is 12.5. The molecule has 0 aliphatic heterocycles. The smallest absolute Gasteiger partial charge is 0.255 e. The second-order valence-electron chi connectivity index (χ2n) is 6.41. The molecule has 0 aliphatic carbocycles. The molecule has 3 rings (SSSR count). The lowest BCUT2D eigenvalue weighted by Gasteiger charge is -2.13. The topological polar surface area (TPSA) is 57.3 Å². The first-order chi connectivity index (χ1) is 12.9. The number of pyridine rings is 1. The Hall–Kier alpha value is -3.05. The second kappa shape index (κ2) is 8.10. The zero-order chi connectivity index (χ0) is 19.4. The van der Waals surface area contributed by atoms with E-state index in [-0.39, 0.29) is 5.91 Å². The van der Waals surface area contributed by atoms with Crippen LogP contribution >= 0.6 is 11.6 Å². The molecule has 0 aliphatic rings. The fourth-order valence-corrected chi connectivity index (χ4v) is 2.69. The highest BCUT2D eigenvalue weighted by Crippen LogP contribution is 2.22. The standard InChI is InChI=1S/C21H21ClN4O/c1-14-4-5-17(13-19(14)22)25-21(27)15-10-11-23-20(12-15)24-16-6-8-18(9-7-16)26(2)3/h4-13H,1-3H3,(H,23,24)(H,25,27). The number of nitrogens with one attached hydrogen (secondary N) is 2. The number of carbonyl (C=O) groups is 1. The quantitative estimate of drug-likeness (QED) is 0.646. The lowest BCUT2D eigenvalue weighted by molar-refractivity contribution is 0.102. The van der Waals surface area contributed by atoms with Crippen molar-refractivity contribution in [1.82, 2.24) is 4.98 Å². The molecule has 0 fully saturated rings. The van der Waals surface area contributed by atoms with Gasteiger partial charge in [-0.25, -0.2) is 4.98 Å². The Balaban J connectivity index is 1.72. The first kappa shape index (κ1) is 18.7. The molecule has 3 aromatic rings. The van der Waals surface area contributed by atoms with Crippen molar-refractivity contribution >= 4 is 40.4 Å². The lowest BCUT2D eigenvalue weighted by atomic mass is 10.2. The third kappa shape index (κ3) is 4.77. The maximum absolute atomic E-state index is 12.5. The predicted octanol–water partition coefficient (Wildman–Crippen LogP) is 5.11. The fourth-order valence-electron chi connectivity index (χ4n) is 2.50. The molecule has 138 valence electrons. The third-order valence-corrected chi connectivity index (χ3v) is 4.52. The monoisotopic (exact) mass is 380 g/mol. The Morgan fingerprint density at radius 2 is 1.70 bits per heavy atom. The van der Waals surface area contributed by atoms with E-state index in [1.165, 1.54) is 0 Å². The zero-order valence-corrected chi connectivity index (χ0v) is 16.2. The number of aromatic nitrogens is 1. The molecule has 0 unspecified atom stereocenters. The van der Waals surface area contributed by atoms with Crippen molar-refractivity contribution in [3.05, 3.63) is 76.9 Å². The number of aryl methyl sites for hydroxylation is 1. The van der Waals surface area contributed by atoms with Crippen molar-refractivity contribution in [2.75, 3.05) is 29.6 Å². The summed E-state index contributed by atoms with van der Waals surface area (Å²) in [6.45, 7) is 1.92. The molecule has 2 N–H and O–H groups in total. The molecule has 27 heavy (non-hydrogen) atoms. The Kier molecular flexibility index (Phi) is 5.62. The van der Waals surface area contributed by atoms with Gasteiger partial charge in [-0.15, -0.1) is 0 Å². The van der Waals surface area contributed by atoms with Crippen LogP contribution in [0.4, 0.5) is 22.9 Å². The molecular weight excluding hydrogens is 360 g/mol. The van der Waals surface area contributed by atoms with Gasteiger partial charge in [-0.2, -0.15) is 0 Å². The number of amides is 1. The lowest BCUT2D eigenvalue weighted by Crippen LogP contribution is -2.12. The van der Waals surface area contributed by atoms with Crippen LogP contribution in [0.5, 0.6) is 0 Å². The Bertz CT molecular complexity index is 955. The molecule has 0 bridgehead atoms. The molecule has 0 spiro atoms. The molecule has 1 aromatic heterocycles. The molecule has 5 nitrogen and oxygen atoms in total. The van der Waals surface area contributed by atoms with Gasteiger partial charge in [0.15, 0.2) is 0 Å². The van der Waals surface area contributed by atoms with Gasteiger partial charge in [-0.05, 0) is 61.0 Å². The van der Waals surface area contributed by atoms with Gasteiger partial charge in [0.1, 0.15) is 5.82 Å². The van der Waals surface area contributed by atoms with Crippen LogP contribution in [0.25, 0.3) is 0 Å². The fraction of sp³-hybridized carbons (Fsp3) is 0.143. The molecule has 6 heteroatoms. The van der Waals surface area contributed by atoms with Crippen molar-refractivity contribution in [1.29, 1.82) is 0 Å². The van der Waals surface area contributed by atoms with Gasteiger partial charge in [-0.3, -0.25) is 4.79 Å². The minimum Gasteiger partial charge on any atom is -0.378 e. The number of nitrogens with zero attached hydrogens (tertiary/aromatic N) is 2. The Labute approximate surface area is 164 Å². The summed E-state index contributed by atoms with van der Waals surface area (Å²) in [5.74, 6) is 0.380. The molecule has 1 heterocycles. The zero-order valence-electron chi connectivity index (χ0n) is 15.5. The number of carbonyl (C=O) groups excluding carboxylic acids is 1. The summed E-state index contributed by atoms with van der Waals surface area (Å²) >= 11 is 6.12. The van der Waals surface area contributed by atoms with Crippen LogP contribution in [-0.4, -0.2) is 25.0 Å². The van der Waals surface area contributed by atoms with Gasteiger partial charge in [0, 0.05) is 47.9 Å². The average Bonchev–Trinajstić information content (AvgIpc) is 2.65. The number of benzene rings is 2. The Morgan fingerprint density at radius 3 is 2.37 bits per heavy atom. The largest absolute Gasteiger partial charge is 0.378 e. The summed E-state index contributed by atoms with van der Waals surface area (Å²) in [4.78, 5) is 18.8. The number of rotatable bonds is 5. The summed E-state index contributed by atoms with van der Waals surface area (Å²) < 4.78 is 0. The van der Waals surface area contributed by atoms with Gasteiger partial charge in [0.2, 0.25) is 0 Å². The van der Waals surface area contributed by atoms with Gasteiger partial charge >= 0.3 is 0 Å². The normalized spacial score (nSPS) is 10.4. The maximum Gasteiger partial charge on any atom is 0.255 e. The molecule has 0 radical (unpaired) electrons. The number of hydrogen-bond acceptors (Lipinski definition) is 4. The Morgan fingerprint density at radius 1 is 1.00 bits per heavy atom. The van der Waals surface area contributed by atoms with Crippen molar-refractivity contribution in [2.24, 2.45) is 0 Å². The first-order valence-corrected chi connectivity index (χ1v) is 8.88. The van der Waals surface area contributed by atoms with E-state index in [1.54, 1.807) is 24.4 Å². The SMILES string of the molecule is Cc1ccc(NC(=O)c2ccnc(Nc3ccc(N(C)C)cc3)c2)cc1Cl. The molecule has 0 saturated heterocycles. The summed E-state index contributed by atoms with van der Waals surface area (Å²) in [6, 6.07) is 16.8. The minimum absolute atomic E-state index is 0.219. The molecular formula is C21H21ClN4O. The number of hydrogen-bond donors (Lipinski definition) is 2. The van der Waals surface area contributed by atoms with Crippen LogP contribution in [0, 0.1) is 6.92 Å². The van der Waals surface area contributed by atoms with Crippen LogP contribution < -0.4 is 15.5 Å². The minimum atomic E-state index is -0.219. The van der Waals surface area contributed by atoms with E-state index >= 15 is 0 Å². The first-order valence-electron chi connectivity index (χ1n) is 8.50. The third-order valence-electron chi connectivity index (χ3n) is 4.11. The van der Waals surface area contributed by atoms with Crippen molar-refractivity contribution < 1.29 is 4.79 Å². The highest BCUT2D eigenvalue weighted by molar-refractivity contribution is 6.31. The number of halogens is 1. The highest BCUT2D eigenvalue weighted by atomic mass is 35.5. The summed E-state index contributed by atoms with van der Waals surface area (Å²) in [5.41, 5.74) is 4.13. The summed E-state index contributed by atoms with van der Waals surface area (Å²) in [6.07, 6.45) is 1.60. The molecule has 1 amide bonds. The van der Waals surface area contributed by atoms with Gasteiger partial charge in [-0.1, -0.05) is 17.7 Å².